The molecule has 1 aliphatic heterocycles. The van der Waals surface area contributed by atoms with Gasteiger partial charge in [0.2, 0.25) is 0 Å². The van der Waals surface area contributed by atoms with Gasteiger partial charge in [-0.3, -0.25) is 0 Å². The molecule has 2 atom stereocenters. The van der Waals surface area contributed by atoms with Crippen LogP contribution in [0, 0.1) is 0 Å². The van der Waals surface area contributed by atoms with E-state index in [4.69, 9.17) is 4.74 Å². The summed E-state index contributed by atoms with van der Waals surface area (Å²) in [7, 11) is 0. The molecule has 0 aliphatic carbocycles. The zero-order valence-corrected chi connectivity index (χ0v) is 9.68. The molecule has 1 fully saturated rings. The average Bonchev–Trinajstić information content (AvgIpc) is 2.63. The second-order valence-corrected chi connectivity index (χ2v) is 4.51. The monoisotopic (exact) mass is 200 g/mol. The molecule has 0 aromatic carbocycles. The quantitative estimate of drug-likeness (QED) is 0.674. The zero-order chi connectivity index (χ0) is 10.4. The number of hydrogen-bond acceptors (Lipinski definition) is 3. The summed E-state index contributed by atoms with van der Waals surface area (Å²) in [6, 6.07) is 1.10. The fourth-order valence-electron chi connectivity index (χ4n) is 1.62. The molecular formula is C11H24N2O. The van der Waals surface area contributed by atoms with Gasteiger partial charge in [0, 0.05) is 31.8 Å². The molecule has 3 heteroatoms. The number of rotatable bonds is 6. The normalized spacial score (nSPS) is 24.4. The van der Waals surface area contributed by atoms with Crippen molar-refractivity contribution in [1.29, 1.82) is 0 Å². The lowest BCUT2D eigenvalue weighted by atomic mass is 10.2. The zero-order valence-electron chi connectivity index (χ0n) is 9.68. The summed E-state index contributed by atoms with van der Waals surface area (Å²) in [5.74, 6) is 0. The van der Waals surface area contributed by atoms with Crippen molar-refractivity contribution >= 4 is 0 Å². The molecule has 0 amide bonds. The first kappa shape index (κ1) is 12.0. The Balaban J connectivity index is 1.99. The maximum Gasteiger partial charge on any atom is 0.0700 e. The molecule has 0 bridgehead atoms. The van der Waals surface area contributed by atoms with E-state index >= 15 is 0 Å². The Hall–Kier alpha value is -0.120. The van der Waals surface area contributed by atoms with Gasteiger partial charge in [-0.05, 0) is 19.8 Å². The van der Waals surface area contributed by atoms with Crippen LogP contribution < -0.4 is 10.6 Å². The van der Waals surface area contributed by atoms with Gasteiger partial charge >= 0.3 is 0 Å². The van der Waals surface area contributed by atoms with Crippen LogP contribution in [0.5, 0.6) is 0 Å². The van der Waals surface area contributed by atoms with E-state index in [0.29, 0.717) is 18.2 Å². The third-order valence-corrected chi connectivity index (χ3v) is 2.55. The van der Waals surface area contributed by atoms with Gasteiger partial charge in [0.05, 0.1) is 6.10 Å². The van der Waals surface area contributed by atoms with Crippen molar-refractivity contribution in [2.24, 2.45) is 0 Å². The van der Waals surface area contributed by atoms with E-state index in [1.54, 1.807) is 0 Å². The molecule has 1 saturated heterocycles. The first-order valence-corrected chi connectivity index (χ1v) is 5.77. The number of nitrogens with one attached hydrogen (secondary N) is 2. The lowest BCUT2D eigenvalue weighted by Gasteiger charge is -2.18. The topological polar surface area (TPSA) is 33.3 Å². The van der Waals surface area contributed by atoms with Crippen LogP contribution >= 0.6 is 0 Å². The highest BCUT2D eigenvalue weighted by atomic mass is 16.5. The Labute approximate surface area is 87.6 Å². The standard InChI is InChI=1S/C11H24N2O/c1-9(2)12-7-10(3)13-8-11-5-4-6-14-11/h9-13H,4-8H2,1-3H3/t10?,11-/m1/s1. The summed E-state index contributed by atoms with van der Waals surface area (Å²) in [6.07, 6.45) is 2.90. The molecule has 1 unspecified atom stereocenters. The first-order chi connectivity index (χ1) is 6.68. The Kier molecular flexibility index (Phi) is 5.45. The van der Waals surface area contributed by atoms with Gasteiger partial charge in [-0.2, -0.15) is 0 Å². The van der Waals surface area contributed by atoms with Gasteiger partial charge in [-0.1, -0.05) is 13.8 Å². The van der Waals surface area contributed by atoms with Crippen LogP contribution in [0.15, 0.2) is 0 Å². The predicted octanol–water partition coefficient (Wildman–Crippen LogP) is 1.14. The Morgan fingerprint density at radius 3 is 2.64 bits per heavy atom. The van der Waals surface area contributed by atoms with Gasteiger partial charge in [-0.15, -0.1) is 0 Å². The van der Waals surface area contributed by atoms with Crippen molar-refractivity contribution in [3.05, 3.63) is 0 Å². The van der Waals surface area contributed by atoms with Crippen LogP contribution in [-0.2, 0) is 4.74 Å². The largest absolute Gasteiger partial charge is 0.377 e. The van der Waals surface area contributed by atoms with Crippen LogP contribution in [-0.4, -0.2) is 37.9 Å². The molecule has 0 radical (unpaired) electrons. The van der Waals surface area contributed by atoms with E-state index < -0.39 is 0 Å². The molecule has 0 spiro atoms. The highest BCUT2D eigenvalue weighted by Crippen LogP contribution is 2.10. The minimum absolute atomic E-state index is 0.455. The summed E-state index contributed by atoms with van der Waals surface area (Å²) in [5.41, 5.74) is 0. The molecule has 84 valence electrons. The number of ether oxygens (including phenoxy) is 1. The van der Waals surface area contributed by atoms with Gasteiger partial charge < -0.3 is 15.4 Å². The van der Waals surface area contributed by atoms with Crippen molar-refractivity contribution in [3.63, 3.8) is 0 Å². The highest BCUT2D eigenvalue weighted by molar-refractivity contribution is 4.72. The molecule has 0 aromatic heterocycles. The fraction of sp³-hybridized carbons (Fsp3) is 1.00. The molecule has 1 aliphatic rings. The molecule has 14 heavy (non-hydrogen) atoms. The van der Waals surface area contributed by atoms with E-state index in [1.165, 1.54) is 12.8 Å². The molecule has 0 saturated carbocycles. The SMILES string of the molecule is CC(C)NCC(C)NC[C@H]1CCCO1. The molecule has 1 heterocycles. The van der Waals surface area contributed by atoms with Crippen molar-refractivity contribution < 1.29 is 4.74 Å². The maximum atomic E-state index is 5.55. The first-order valence-electron chi connectivity index (χ1n) is 5.77. The number of hydrogen-bond donors (Lipinski definition) is 2. The lowest BCUT2D eigenvalue weighted by molar-refractivity contribution is 0.108. The second kappa shape index (κ2) is 6.38. The van der Waals surface area contributed by atoms with E-state index in [-0.39, 0.29) is 0 Å². The summed E-state index contributed by atoms with van der Waals surface area (Å²) in [5, 5.41) is 6.91. The van der Waals surface area contributed by atoms with Gasteiger partial charge in [0.1, 0.15) is 0 Å². The van der Waals surface area contributed by atoms with Crippen molar-refractivity contribution in [3.8, 4) is 0 Å². The Morgan fingerprint density at radius 1 is 1.29 bits per heavy atom. The van der Waals surface area contributed by atoms with Crippen LogP contribution in [0.3, 0.4) is 0 Å². The molecule has 0 aromatic rings. The lowest BCUT2D eigenvalue weighted by Crippen LogP contribution is -2.41. The Bertz CT molecular complexity index is 144. The van der Waals surface area contributed by atoms with Crippen molar-refractivity contribution in [2.45, 2.75) is 51.8 Å². The predicted molar refractivity (Wildman–Crippen MR) is 59.6 cm³/mol. The van der Waals surface area contributed by atoms with Crippen LogP contribution in [0.4, 0.5) is 0 Å². The van der Waals surface area contributed by atoms with Crippen LogP contribution in [0.2, 0.25) is 0 Å². The van der Waals surface area contributed by atoms with E-state index in [2.05, 4.69) is 31.4 Å². The molecule has 2 N–H and O–H groups in total. The summed E-state index contributed by atoms with van der Waals surface area (Å²) in [6.45, 7) is 9.54. The average molecular weight is 200 g/mol. The van der Waals surface area contributed by atoms with E-state index in [1.807, 2.05) is 0 Å². The van der Waals surface area contributed by atoms with Gasteiger partial charge in [-0.25, -0.2) is 0 Å². The van der Waals surface area contributed by atoms with Crippen molar-refractivity contribution in [2.75, 3.05) is 19.7 Å². The fourth-order valence-corrected chi connectivity index (χ4v) is 1.62. The van der Waals surface area contributed by atoms with E-state index in [0.717, 1.165) is 19.7 Å². The van der Waals surface area contributed by atoms with Crippen LogP contribution in [0.25, 0.3) is 0 Å². The molecule has 3 nitrogen and oxygen atoms in total. The molecular weight excluding hydrogens is 176 g/mol. The second-order valence-electron chi connectivity index (χ2n) is 4.51. The summed E-state index contributed by atoms with van der Waals surface area (Å²) >= 11 is 0. The highest BCUT2D eigenvalue weighted by Gasteiger charge is 2.15. The van der Waals surface area contributed by atoms with Crippen LogP contribution in [0.1, 0.15) is 33.6 Å². The minimum Gasteiger partial charge on any atom is -0.377 e. The maximum absolute atomic E-state index is 5.55. The van der Waals surface area contributed by atoms with E-state index in [9.17, 15) is 0 Å². The molecule has 1 rings (SSSR count). The van der Waals surface area contributed by atoms with Gasteiger partial charge in [0.25, 0.3) is 0 Å². The Morgan fingerprint density at radius 2 is 2.07 bits per heavy atom. The summed E-state index contributed by atoms with van der Waals surface area (Å²) in [4.78, 5) is 0. The minimum atomic E-state index is 0.455. The smallest absolute Gasteiger partial charge is 0.0700 e. The van der Waals surface area contributed by atoms with Crippen molar-refractivity contribution in [1.82, 2.24) is 10.6 Å². The third kappa shape index (κ3) is 4.94. The third-order valence-electron chi connectivity index (χ3n) is 2.55. The van der Waals surface area contributed by atoms with Gasteiger partial charge in [0.15, 0.2) is 0 Å². The summed E-state index contributed by atoms with van der Waals surface area (Å²) < 4.78 is 5.55.